The summed E-state index contributed by atoms with van der Waals surface area (Å²) in [5.41, 5.74) is 5.77. The van der Waals surface area contributed by atoms with Crippen LogP contribution in [0.15, 0.2) is 6.07 Å². The fourth-order valence-corrected chi connectivity index (χ4v) is 2.63. The van der Waals surface area contributed by atoms with Crippen LogP contribution in [0.5, 0.6) is 0 Å². The molecule has 0 spiro atoms. The van der Waals surface area contributed by atoms with Crippen LogP contribution < -0.4 is 11.1 Å². The third kappa shape index (κ3) is 2.56. The van der Waals surface area contributed by atoms with E-state index in [0.29, 0.717) is 17.9 Å². The van der Waals surface area contributed by atoms with E-state index in [1.54, 1.807) is 11.3 Å². The maximum absolute atomic E-state index is 5.77. The van der Waals surface area contributed by atoms with Crippen molar-refractivity contribution < 1.29 is 0 Å². The Morgan fingerprint density at radius 3 is 2.67 bits per heavy atom. The van der Waals surface area contributed by atoms with Crippen LogP contribution in [0.4, 0.5) is 11.8 Å². The number of aromatic nitrogens is 2. The molecule has 2 aromatic rings. The number of nitrogens with two attached hydrogens (primary N) is 1. The van der Waals surface area contributed by atoms with Crippen LogP contribution in [0.3, 0.4) is 0 Å². The average molecular weight is 264 g/mol. The zero-order valence-corrected chi connectivity index (χ0v) is 12.1. The van der Waals surface area contributed by atoms with Gasteiger partial charge in [-0.15, -0.1) is 11.3 Å². The number of nitrogens with one attached hydrogen (secondary N) is 1. The molecule has 4 nitrogen and oxygen atoms in total. The number of hydrogen-bond donors (Lipinski definition) is 2. The van der Waals surface area contributed by atoms with E-state index in [0.717, 1.165) is 22.5 Å². The molecule has 2 aromatic heterocycles. The first kappa shape index (κ1) is 13.1. The number of anilines is 2. The molecule has 5 heteroatoms. The zero-order chi connectivity index (χ0) is 13.3. The van der Waals surface area contributed by atoms with Gasteiger partial charge in [-0.05, 0) is 25.3 Å². The summed E-state index contributed by atoms with van der Waals surface area (Å²) in [6, 6.07) is 2.52. The van der Waals surface area contributed by atoms with Gasteiger partial charge in [-0.2, -0.15) is 4.98 Å². The van der Waals surface area contributed by atoms with Crippen molar-refractivity contribution in [2.75, 3.05) is 11.1 Å². The highest BCUT2D eigenvalue weighted by Gasteiger charge is 2.13. The first-order valence-corrected chi connectivity index (χ1v) is 7.15. The third-order valence-corrected chi connectivity index (χ3v) is 4.35. The number of fused-ring (bicyclic) bond motifs is 1. The van der Waals surface area contributed by atoms with Crippen LogP contribution in [0, 0.1) is 5.92 Å². The van der Waals surface area contributed by atoms with Crippen LogP contribution in [-0.4, -0.2) is 16.0 Å². The van der Waals surface area contributed by atoms with Gasteiger partial charge in [0.1, 0.15) is 10.6 Å². The van der Waals surface area contributed by atoms with Gasteiger partial charge >= 0.3 is 0 Å². The number of thiophene rings is 1. The second-order valence-corrected chi connectivity index (χ2v) is 6.01. The van der Waals surface area contributed by atoms with E-state index in [1.807, 2.05) is 0 Å². The molecular formula is C13H20N4S. The number of aryl methyl sites for hydroxylation is 1. The largest absolute Gasteiger partial charge is 0.368 e. The van der Waals surface area contributed by atoms with Gasteiger partial charge in [-0.25, -0.2) is 4.98 Å². The minimum atomic E-state index is 0.338. The lowest BCUT2D eigenvalue weighted by Gasteiger charge is -2.18. The van der Waals surface area contributed by atoms with Gasteiger partial charge in [-0.1, -0.05) is 20.8 Å². The number of rotatable bonds is 4. The molecule has 1 atom stereocenters. The Bertz CT molecular complexity index is 547. The molecular weight excluding hydrogens is 244 g/mol. The highest BCUT2D eigenvalue weighted by atomic mass is 32.1. The molecule has 18 heavy (non-hydrogen) atoms. The lowest BCUT2D eigenvalue weighted by molar-refractivity contribution is 0.559. The van der Waals surface area contributed by atoms with Crippen LogP contribution in [-0.2, 0) is 6.42 Å². The van der Waals surface area contributed by atoms with Crippen molar-refractivity contribution in [1.29, 1.82) is 0 Å². The molecule has 0 radical (unpaired) electrons. The molecule has 0 aromatic carbocycles. The van der Waals surface area contributed by atoms with E-state index in [-0.39, 0.29) is 0 Å². The Kier molecular flexibility index (Phi) is 3.71. The highest BCUT2D eigenvalue weighted by Crippen LogP contribution is 2.30. The maximum atomic E-state index is 5.77. The Balaban J connectivity index is 2.44. The van der Waals surface area contributed by atoms with Gasteiger partial charge in [0, 0.05) is 10.9 Å². The summed E-state index contributed by atoms with van der Waals surface area (Å²) >= 11 is 1.69. The SMILES string of the molecule is CCc1cc2c(NC(C)C(C)C)nc(N)nc2s1. The Morgan fingerprint density at radius 2 is 2.06 bits per heavy atom. The molecule has 0 aliphatic rings. The van der Waals surface area contributed by atoms with Gasteiger partial charge in [-0.3, -0.25) is 0 Å². The monoisotopic (exact) mass is 264 g/mol. The Labute approximate surface area is 112 Å². The quantitative estimate of drug-likeness (QED) is 0.889. The molecule has 0 saturated heterocycles. The second-order valence-electron chi connectivity index (χ2n) is 4.89. The summed E-state index contributed by atoms with van der Waals surface area (Å²) in [4.78, 5) is 10.9. The minimum Gasteiger partial charge on any atom is -0.368 e. The van der Waals surface area contributed by atoms with E-state index >= 15 is 0 Å². The first-order valence-electron chi connectivity index (χ1n) is 6.33. The second kappa shape index (κ2) is 5.10. The van der Waals surface area contributed by atoms with Crippen LogP contribution in [0.25, 0.3) is 10.2 Å². The standard InChI is InChI=1S/C13H20N4S/c1-5-9-6-10-11(15-8(4)7(2)3)16-13(14)17-12(10)18-9/h6-8H,5H2,1-4H3,(H3,14,15,16,17). The lowest BCUT2D eigenvalue weighted by Crippen LogP contribution is -2.22. The van der Waals surface area contributed by atoms with Crippen molar-refractivity contribution in [3.05, 3.63) is 10.9 Å². The van der Waals surface area contributed by atoms with Gasteiger partial charge in [0.15, 0.2) is 0 Å². The lowest BCUT2D eigenvalue weighted by atomic mass is 10.1. The van der Waals surface area contributed by atoms with Gasteiger partial charge in [0.2, 0.25) is 5.95 Å². The van der Waals surface area contributed by atoms with Crippen LogP contribution in [0.1, 0.15) is 32.6 Å². The third-order valence-electron chi connectivity index (χ3n) is 3.17. The topological polar surface area (TPSA) is 63.8 Å². The normalized spacial score (nSPS) is 13.2. The molecule has 2 heterocycles. The van der Waals surface area contributed by atoms with Gasteiger partial charge < -0.3 is 11.1 Å². The zero-order valence-electron chi connectivity index (χ0n) is 11.3. The van der Waals surface area contributed by atoms with Crippen molar-refractivity contribution in [2.24, 2.45) is 5.92 Å². The number of nitrogens with zero attached hydrogens (tertiary/aromatic N) is 2. The Hall–Kier alpha value is -1.36. The van der Waals surface area contributed by atoms with E-state index in [2.05, 4.69) is 49.0 Å². The van der Waals surface area contributed by atoms with Crippen molar-refractivity contribution in [2.45, 2.75) is 40.2 Å². The molecule has 1 unspecified atom stereocenters. The molecule has 0 saturated carbocycles. The fourth-order valence-electron chi connectivity index (χ4n) is 1.65. The smallest absolute Gasteiger partial charge is 0.223 e. The van der Waals surface area contributed by atoms with E-state index < -0.39 is 0 Å². The highest BCUT2D eigenvalue weighted by molar-refractivity contribution is 7.18. The van der Waals surface area contributed by atoms with E-state index in [1.165, 1.54) is 4.88 Å². The molecule has 0 aliphatic heterocycles. The summed E-state index contributed by atoms with van der Waals surface area (Å²) in [6.45, 7) is 8.67. The maximum Gasteiger partial charge on any atom is 0.223 e. The predicted molar refractivity (Wildman–Crippen MR) is 79.1 cm³/mol. The van der Waals surface area contributed by atoms with Crippen molar-refractivity contribution >= 4 is 33.3 Å². The molecule has 0 bridgehead atoms. The molecule has 0 amide bonds. The average Bonchev–Trinajstić information content (AvgIpc) is 2.71. The number of nitrogen functional groups attached to an aromatic ring is 1. The number of hydrogen-bond acceptors (Lipinski definition) is 5. The minimum absolute atomic E-state index is 0.338. The van der Waals surface area contributed by atoms with E-state index in [4.69, 9.17) is 5.73 Å². The summed E-state index contributed by atoms with van der Waals surface area (Å²) in [5, 5.41) is 4.52. The van der Waals surface area contributed by atoms with Crippen molar-refractivity contribution in [3.8, 4) is 0 Å². The van der Waals surface area contributed by atoms with Gasteiger partial charge in [0.05, 0.1) is 5.39 Å². The van der Waals surface area contributed by atoms with Crippen molar-refractivity contribution in [3.63, 3.8) is 0 Å². The fraction of sp³-hybridized carbons (Fsp3) is 0.538. The summed E-state index contributed by atoms with van der Waals surface area (Å²) in [7, 11) is 0. The molecule has 2 rings (SSSR count). The van der Waals surface area contributed by atoms with Gasteiger partial charge in [0.25, 0.3) is 0 Å². The van der Waals surface area contributed by atoms with Crippen LogP contribution in [0.2, 0.25) is 0 Å². The summed E-state index contributed by atoms with van der Waals surface area (Å²) in [5.74, 6) is 1.74. The van der Waals surface area contributed by atoms with Crippen molar-refractivity contribution in [1.82, 2.24) is 9.97 Å². The van der Waals surface area contributed by atoms with E-state index in [9.17, 15) is 0 Å². The molecule has 0 fully saturated rings. The molecule has 0 aliphatic carbocycles. The molecule has 98 valence electrons. The summed E-state index contributed by atoms with van der Waals surface area (Å²) in [6.07, 6.45) is 1.01. The summed E-state index contributed by atoms with van der Waals surface area (Å²) < 4.78 is 0. The first-order chi connectivity index (χ1) is 8.51. The van der Waals surface area contributed by atoms with Crippen LogP contribution >= 0.6 is 11.3 Å². The molecule has 3 N–H and O–H groups in total. The predicted octanol–water partition coefficient (Wildman–Crippen LogP) is 3.29. The Morgan fingerprint density at radius 1 is 1.33 bits per heavy atom.